The molecule has 3 aromatic rings. The van der Waals surface area contributed by atoms with Crippen molar-refractivity contribution < 1.29 is 9.53 Å². The first kappa shape index (κ1) is 18.4. The van der Waals surface area contributed by atoms with Crippen molar-refractivity contribution in [2.75, 3.05) is 0 Å². The van der Waals surface area contributed by atoms with Gasteiger partial charge >= 0.3 is 5.97 Å². The van der Waals surface area contributed by atoms with E-state index in [2.05, 4.69) is 20.9 Å². The second-order valence-corrected chi connectivity index (χ2v) is 7.06. The average Bonchev–Trinajstić information content (AvgIpc) is 2.61. The third-order valence-electron chi connectivity index (χ3n) is 3.58. The van der Waals surface area contributed by atoms with E-state index in [1.807, 2.05) is 37.3 Å². The highest BCUT2D eigenvalue weighted by Crippen LogP contribution is 2.23. The molecule has 0 unspecified atom stereocenters. The molecule has 0 saturated heterocycles. The summed E-state index contributed by atoms with van der Waals surface area (Å²) >= 11 is 9.31. The van der Waals surface area contributed by atoms with Crippen LogP contribution in [0.5, 0.6) is 5.75 Å². The molecule has 0 radical (unpaired) electrons. The van der Waals surface area contributed by atoms with E-state index in [0.717, 1.165) is 21.3 Å². The van der Waals surface area contributed by atoms with E-state index in [1.54, 1.807) is 42.6 Å². The average molecular weight is 429 g/mol. The molecule has 0 aliphatic rings. The Hall–Kier alpha value is -2.43. The number of carbonyl (C=O) groups excluding carboxylic acids is 1. The number of halogens is 2. The van der Waals surface area contributed by atoms with Crippen molar-refractivity contribution in [2.45, 2.75) is 6.92 Å². The number of aryl methyl sites for hydroxylation is 1. The molecule has 3 nitrogen and oxygen atoms in total. The number of carbonyl (C=O) groups is 1. The molecule has 0 aliphatic heterocycles. The van der Waals surface area contributed by atoms with Crippen LogP contribution in [-0.4, -0.2) is 12.2 Å². The van der Waals surface area contributed by atoms with E-state index < -0.39 is 5.97 Å². The van der Waals surface area contributed by atoms with Gasteiger partial charge in [-0.2, -0.15) is 0 Å². The number of ether oxygens (including phenoxy) is 1. The number of esters is 1. The zero-order valence-corrected chi connectivity index (χ0v) is 16.3. The van der Waals surface area contributed by atoms with Crippen LogP contribution < -0.4 is 4.74 Å². The van der Waals surface area contributed by atoms with Gasteiger partial charge in [-0.05, 0) is 67.1 Å². The van der Waals surface area contributed by atoms with Gasteiger partial charge in [-0.3, -0.25) is 4.99 Å². The molecule has 0 saturated carbocycles. The van der Waals surface area contributed by atoms with Gasteiger partial charge in [0.15, 0.2) is 0 Å². The minimum atomic E-state index is -0.399. The molecular weight excluding hydrogens is 414 g/mol. The Morgan fingerprint density at radius 1 is 1.04 bits per heavy atom. The second kappa shape index (κ2) is 8.30. The van der Waals surface area contributed by atoms with Crippen molar-refractivity contribution >= 4 is 45.4 Å². The van der Waals surface area contributed by atoms with E-state index in [-0.39, 0.29) is 0 Å². The lowest BCUT2D eigenvalue weighted by atomic mass is 10.1. The van der Waals surface area contributed by atoms with Gasteiger partial charge in [-0.1, -0.05) is 45.2 Å². The van der Waals surface area contributed by atoms with Crippen LogP contribution in [-0.2, 0) is 0 Å². The zero-order valence-electron chi connectivity index (χ0n) is 13.9. The largest absolute Gasteiger partial charge is 0.423 e. The van der Waals surface area contributed by atoms with Gasteiger partial charge in [0.2, 0.25) is 0 Å². The molecule has 0 heterocycles. The summed E-state index contributed by atoms with van der Waals surface area (Å²) in [6.45, 7) is 1.97. The first-order chi connectivity index (χ1) is 12.5. The van der Waals surface area contributed by atoms with Crippen molar-refractivity contribution in [1.82, 2.24) is 0 Å². The van der Waals surface area contributed by atoms with Crippen LogP contribution in [0.4, 0.5) is 5.69 Å². The van der Waals surface area contributed by atoms with Gasteiger partial charge in [0.05, 0.1) is 11.3 Å². The van der Waals surface area contributed by atoms with Crippen LogP contribution in [0.3, 0.4) is 0 Å². The van der Waals surface area contributed by atoms with Crippen molar-refractivity contribution in [2.24, 2.45) is 4.99 Å². The van der Waals surface area contributed by atoms with Gasteiger partial charge < -0.3 is 4.74 Å². The number of rotatable bonds is 4. The van der Waals surface area contributed by atoms with Crippen LogP contribution in [0.2, 0.25) is 5.02 Å². The Labute approximate surface area is 165 Å². The highest BCUT2D eigenvalue weighted by Gasteiger charge is 2.09. The topological polar surface area (TPSA) is 38.7 Å². The molecule has 3 rings (SSSR count). The summed E-state index contributed by atoms with van der Waals surface area (Å²) in [5, 5.41) is 0.664. The lowest BCUT2D eigenvalue weighted by molar-refractivity contribution is 0.0734. The second-order valence-electron chi connectivity index (χ2n) is 5.71. The Balaban J connectivity index is 1.77. The third kappa shape index (κ3) is 5.04. The molecule has 5 heteroatoms. The maximum atomic E-state index is 12.3. The van der Waals surface area contributed by atoms with Crippen LogP contribution in [0.1, 0.15) is 21.5 Å². The third-order valence-corrected chi connectivity index (χ3v) is 4.29. The predicted octanol–water partition coefficient (Wildman–Crippen LogP) is 6.38. The number of hydrogen-bond acceptors (Lipinski definition) is 3. The van der Waals surface area contributed by atoms with E-state index >= 15 is 0 Å². The fraction of sp³-hybridized carbons (Fsp3) is 0.0476. The summed E-state index contributed by atoms with van der Waals surface area (Å²) in [4.78, 5) is 16.7. The van der Waals surface area contributed by atoms with E-state index in [0.29, 0.717) is 16.3 Å². The molecule has 0 atom stereocenters. The lowest BCUT2D eigenvalue weighted by Gasteiger charge is -2.06. The summed E-state index contributed by atoms with van der Waals surface area (Å²) in [5.41, 5.74) is 3.19. The fourth-order valence-corrected chi connectivity index (χ4v) is 2.87. The molecule has 0 bridgehead atoms. The summed E-state index contributed by atoms with van der Waals surface area (Å²) in [6.07, 6.45) is 1.71. The SMILES string of the molecule is Cc1ccc(C(=O)Oc2cc(Br)cc(C=Nc3ccc(Cl)cc3)c2)cc1. The van der Waals surface area contributed by atoms with E-state index in [9.17, 15) is 4.79 Å². The Morgan fingerprint density at radius 3 is 2.42 bits per heavy atom. The van der Waals surface area contributed by atoms with Gasteiger partial charge in [0.1, 0.15) is 5.75 Å². The van der Waals surface area contributed by atoms with Crippen molar-refractivity contribution in [3.63, 3.8) is 0 Å². The number of hydrogen-bond donors (Lipinski definition) is 0. The van der Waals surface area contributed by atoms with Gasteiger partial charge in [-0.25, -0.2) is 4.79 Å². The molecule has 0 N–H and O–H groups in total. The monoisotopic (exact) mass is 427 g/mol. The quantitative estimate of drug-likeness (QED) is 0.275. The zero-order chi connectivity index (χ0) is 18.5. The van der Waals surface area contributed by atoms with Gasteiger partial charge in [-0.15, -0.1) is 0 Å². The van der Waals surface area contributed by atoms with Crippen molar-refractivity contribution in [1.29, 1.82) is 0 Å². The fourth-order valence-electron chi connectivity index (χ4n) is 2.25. The molecule has 0 aromatic heterocycles. The highest BCUT2D eigenvalue weighted by molar-refractivity contribution is 9.10. The summed E-state index contributed by atoms with van der Waals surface area (Å²) < 4.78 is 6.28. The first-order valence-electron chi connectivity index (χ1n) is 7.89. The predicted molar refractivity (Wildman–Crippen MR) is 109 cm³/mol. The minimum Gasteiger partial charge on any atom is -0.423 e. The van der Waals surface area contributed by atoms with Crippen LogP contribution in [0.25, 0.3) is 0 Å². The first-order valence-corrected chi connectivity index (χ1v) is 9.06. The number of benzene rings is 3. The van der Waals surface area contributed by atoms with Crippen LogP contribution in [0, 0.1) is 6.92 Å². The van der Waals surface area contributed by atoms with Crippen LogP contribution >= 0.6 is 27.5 Å². The summed E-state index contributed by atoms with van der Waals surface area (Å²) in [5.74, 6) is 0.0474. The smallest absolute Gasteiger partial charge is 0.343 e. The van der Waals surface area contributed by atoms with Crippen molar-refractivity contribution in [3.05, 3.63) is 92.9 Å². The van der Waals surface area contributed by atoms with Crippen molar-refractivity contribution in [3.8, 4) is 5.75 Å². The number of aliphatic imine (C=N–C) groups is 1. The highest BCUT2D eigenvalue weighted by atomic mass is 79.9. The molecule has 3 aromatic carbocycles. The minimum absolute atomic E-state index is 0.399. The number of nitrogens with zero attached hydrogens (tertiary/aromatic N) is 1. The summed E-state index contributed by atoms with van der Waals surface area (Å²) in [6, 6.07) is 19.9. The maximum Gasteiger partial charge on any atom is 0.343 e. The molecule has 0 amide bonds. The molecule has 26 heavy (non-hydrogen) atoms. The maximum absolute atomic E-state index is 12.3. The standard InChI is InChI=1S/C21H15BrClNO2/c1-14-2-4-16(5-3-14)21(25)26-20-11-15(10-17(22)12-20)13-24-19-8-6-18(23)7-9-19/h2-13H,1H3. The van der Waals surface area contributed by atoms with Gasteiger partial charge in [0.25, 0.3) is 0 Å². The van der Waals surface area contributed by atoms with Gasteiger partial charge in [0, 0.05) is 15.7 Å². The molecular formula is C21H15BrClNO2. The normalized spacial score (nSPS) is 10.9. The molecule has 130 valence electrons. The van der Waals surface area contributed by atoms with E-state index in [4.69, 9.17) is 16.3 Å². The Morgan fingerprint density at radius 2 is 1.73 bits per heavy atom. The summed E-state index contributed by atoms with van der Waals surface area (Å²) in [7, 11) is 0. The Kier molecular flexibility index (Phi) is 5.86. The van der Waals surface area contributed by atoms with Crippen LogP contribution in [0.15, 0.2) is 76.2 Å². The molecule has 0 spiro atoms. The van der Waals surface area contributed by atoms with E-state index in [1.165, 1.54) is 0 Å². The Bertz CT molecular complexity index is 951. The molecule has 0 fully saturated rings. The molecule has 0 aliphatic carbocycles. The lowest BCUT2D eigenvalue weighted by Crippen LogP contribution is -2.08.